The first kappa shape index (κ1) is 16.4. The van der Waals surface area contributed by atoms with Crippen molar-refractivity contribution in [1.82, 2.24) is 0 Å². The van der Waals surface area contributed by atoms with E-state index in [1.165, 1.54) is 0 Å². The highest BCUT2D eigenvalue weighted by Crippen LogP contribution is 2.27. The molecule has 0 radical (unpaired) electrons. The molecule has 0 saturated heterocycles. The SMILES string of the molecule is COc1ccc(OC(=O)c2ccc(OC(C)C)c(Br)c2)cc1. The Morgan fingerprint density at radius 3 is 2.23 bits per heavy atom. The fourth-order valence-electron chi connectivity index (χ4n) is 1.79. The Bertz CT molecular complexity index is 650. The molecule has 4 nitrogen and oxygen atoms in total. The molecule has 22 heavy (non-hydrogen) atoms. The molecule has 0 amide bonds. The molecule has 0 atom stereocenters. The van der Waals surface area contributed by atoms with Gasteiger partial charge in [-0.25, -0.2) is 4.79 Å². The first-order chi connectivity index (χ1) is 10.5. The van der Waals surface area contributed by atoms with Crippen molar-refractivity contribution in [3.8, 4) is 17.2 Å². The molecule has 0 bridgehead atoms. The molecule has 0 saturated carbocycles. The van der Waals surface area contributed by atoms with Crippen LogP contribution in [-0.2, 0) is 0 Å². The summed E-state index contributed by atoms with van der Waals surface area (Å²) in [6.45, 7) is 3.89. The van der Waals surface area contributed by atoms with E-state index in [2.05, 4.69) is 15.9 Å². The summed E-state index contributed by atoms with van der Waals surface area (Å²) >= 11 is 3.40. The van der Waals surface area contributed by atoms with Crippen molar-refractivity contribution in [2.45, 2.75) is 20.0 Å². The zero-order valence-corrected chi connectivity index (χ0v) is 14.2. The summed E-state index contributed by atoms with van der Waals surface area (Å²) < 4.78 is 16.7. The Morgan fingerprint density at radius 1 is 1.05 bits per heavy atom. The van der Waals surface area contributed by atoms with E-state index in [0.29, 0.717) is 27.3 Å². The van der Waals surface area contributed by atoms with Gasteiger partial charge in [0.25, 0.3) is 0 Å². The molecule has 2 aromatic carbocycles. The number of rotatable bonds is 5. The largest absolute Gasteiger partial charge is 0.497 e. The van der Waals surface area contributed by atoms with Crippen molar-refractivity contribution >= 4 is 21.9 Å². The zero-order valence-electron chi connectivity index (χ0n) is 12.6. The van der Waals surface area contributed by atoms with Crippen molar-refractivity contribution in [3.63, 3.8) is 0 Å². The second kappa shape index (κ2) is 7.31. The van der Waals surface area contributed by atoms with Crippen LogP contribution in [0, 0.1) is 0 Å². The topological polar surface area (TPSA) is 44.8 Å². The highest BCUT2D eigenvalue weighted by Gasteiger charge is 2.12. The molecule has 0 aliphatic heterocycles. The van der Waals surface area contributed by atoms with Crippen LogP contribution in [0.5, 0.6) is 17.2 Å². The van der Waals surface area contributed by atoms with Crippen LogP contribution in [0.25, 0.3) is 0 Å². The summed E-state index contributed by atoms with van der Waals surface area (Å²) in [5, 5.41) is 0. The van der Waals surface area contributed by atoms with Crippen LogP contribution >= 0.6 is 15.9 Å². The number of hydrogen-bond donors (Lipinski definition) is 0. The molecule has 0 spiro atoms. The Kier molecular flexibility index (Phi) is 5.44. The van der Waals surface area contributed by atoms with Gasteiger partial charge in [0.2, 0.25) is 0 Å². The molecule has 2 aromatic rings. The molecule has 0 aliphatic carbocycles. The fraction of sp³-hybridized carbons (Fsp3) is 0.235. The van der Waals surface area contributed by atoms with E-state index in [0.717, 1.165) is 0 Å². The molecule has 0 unspecified atom stereocenters. The van der Waals surface area contributed by atoms with Gasteiger partial charge < -0.3 is 14.2 Å². The lowest BCUT2D eigenvalue weighted by Crippen LogP contribution is -2.10. The number of carbonyl (C=O) groups is 1. The van der Waals surface area contributed by atoms with Crippen LogP contribution in [0.2, 0.25) is 0 Å². The van der Waals surface area contributed by atoms with E-state index >= 15 is 0 Å². The average Bonchev–Trinajstić information content (AvgIpc) is 2.49. The quantitative estimate of drug-likeness (QED) is 0.580. The third-order valence-corrected chi connectivity index (χ3v) is 3.42. The lowest BCUT2D eigenvalue weighted by molar-refractivity contribution is 0.0734. The number of halogens is 1. The van der Waals surface area contributed by atoms with E-state index in [1.807, 2.05) is 13.8 Å². The van der Waals surface area contributed by atoms with Crippen molar-refractivity contribution in [3.05, 3.63) is 52.5 Å². The van der Waals surface area contributed by atoms with Gasteiger partial charge in [-0.3, -0.25) is 0 Å². The maximum Gasteiger partial charge on any atom is 0.343 e. The van der Waals surface area contributed by atoms with E-state index in [-0.39, 0.29) is 6.10 Å². The number of methoxy groups -OCH3 is 1. The Morgan fingerprint density at radius 2 is 1.68 bits per heavy atom. The van der Waals surface area contributed by atoms with Crippen LogP contribution in [0.3, 0.4) is 0 Å². The number of esters is 1. The van der Waals surface area contributed by atoms with Crippen LogP contribution < -0.4 is 14.2 Å². The van der Waals surface area contributed by atoms with E-state index in [4.69, 9.17) is 14.2 Å². The average molecular weight is 365 g/mol. The smallest absolute Gasteiger partial charge is 0.343 e. The monoisotopic (exact) mass is 364 g/mol. The lowest BCUT2D eigenvalue weighted by Gasteiger charge is -2.12. The molecule has 0 N–H and O–H groups in total. The van der Waals surface area contributed by atoms with Crippen LogP contribution in [0.15, 0.2) is 46.9 Å². The summed E-state index contributed by atoms with van der Waals surface area (Å²) in [5.41, 5.74) is 0.443. The van der Waals surface area contributed by atoms with Crippen LogP contribution in [0.1, 0.15) is 24.2 Å². The number of hydrogen-bond acceptors (Lipinski definition) is 4. The molecule has 0 heterocycles. The molecule has 116 valence electrons. The standard InChI is InChI=1S/C17H17BrO4/c1-11(2)21-16-9-4-12(10-15(16)18)17(19)22-14-7-5-13(20-3)6-8-14/h4-11H,1-3H3. The minimum Gasteiger partial charge on any atom is -0.497 e. The van der Waals surface area contributed by atoms with Crippen molar-refractivity contribution < 1.29 is 19.0 Å². The normalized spacial score (nSPS) is 10.4. The predicted octanol–water partition coefficient (Wildman–Crippen LogP) is 4.46. The van der Waals surface area contributed by atoms with Crippen molar-refractivity contribution in [2.75, 3.05) is 7.11 Å². The van der Waals surface area contributed by atoms with E-state index < -0.39 is 5.97 Å². The van der Waals surface area contributed by atoms with E-state index in [1.54, 1.807) is 49.6 Å². The van der Waals surface area contributed by atoms with Gasteiger partial charge in [-0.05, 0) is 72.2 Å². The van der Waals surface area contributed by atoms with Crippen LogP contribution in [-0.4, -0.2) is 19.2 Å². The van der Waals surface area contributed by atoms with Gasteiger partial charge in [0.15, 0.2) is 0 Å². The third-order valence-electron chi connectivity index (χ3n) is 2.80. The molecule has 0 fully saturated rings. The predicted molar refractivity (Wildman–Crippen MR) is 87.9 cm³/mol. The Balaban J connectivity index is 2.10. The summed E-state index contributed by atoms with van der Waals surface area (Å²) in [6.07, 6.45) is 0.0633. The van der Waals surface area contributed by atoms with E-state index in [9.17, 15) is 4.79 Å². The maximum atomic E-state index is 12.1. The van der Waals surface area contributed by atoms with Gasteiger partial charge >= 0.3 is 5.97 Å². The third kappa shape index (κ3) is 4.24. The lowest BCUT2D eigenvalue weighted by atomic mass is 10.2. The fourth-order valence-corrected chi connectivity index (χ4v) is 2.26. The number of benzene rings is 2. The maximum absolute atomic E-state index is 12.1. The minimum atomic E-state index is -0.429. The van der Waals surface area contributed by atoms with Gasteiger partial charge in [0.05, 0.1) is 23.2 Å². The number of carbonyl (C=O) groups excluding carboxylic acids is 1. The molecular weight excluding hydrogens is 348 g/mol. The summed E-state index contributed by atoms with van der Waals surface area (Å²) in [7, 11) is 1.58. The first-order valence-corrected chi connectivity index (χ1v) is 7.61. The second-order valence-electron chi connectivity index (χ2n) is 4.88. The van der Waals surface area contributed by atoms with Crippen molar-refractivity contribution in [2.24, 2.45) is 0 Å². The molecule has 0 aromatic heterocycles. The van der Waals surface area contributed by atoms with Gasteiger partial charge in [-0.2, -0.15) is 0 Å². The minimum absolute atomic E-state index is 0.0633. The van der Waals surface area contributed by atoms with Gasteiger partial charge in [-0.15, -0.1) is 0 Å². The van der Waals surface area contributed by atoms with Gasteiger partial charge in [-0.1, -0.05) is 0 Å². The molecule has 2 rings (SSSR count). The Hall–Kier alpha value is -2.01. The molecule has 5 heteroatoms. The Labute approximate surface area is 138 Å². The summed E-state index contributed by atoms with van der Waals surface area (Å²) in [6, 6.07) is 11.9. The summed E-state index contributed by atoms with van der Waals surface area (Å²) in [5.74, 6) is 1.43. The van der Waals surface area contributed by atoms with Gasteiger partial charge in [0.1, 0.15) is 17.2 Å². The number of ether oxygens (including phenoxy) is 3. The highest BCUT2D eigenvalue weighted by atomic mass is 79.9. The van der Waals surface area contributed by atoms with Gasteiger partial charge in [0, 0.05) is 0 Å². The first-order valence-electron chi connectivity index (χ1n) is 6.82. The molecule has 0 aliphatic rings. The molecular formula is C17H17BrO4. The summed E-state index contributed by atoms with van der Waals surface area (Å²) in [4.78, 5) is 12.1. The van der Waals surface area contributed by atoms with Crippen LogP contribution in [0.4, 0.5) is 0 Å². The van der Waals surface area contributed by atoms with Crippen molar-refractivity contribution in [1.29, 1.82) is 0 Å². The second-order valence-corrected chi connectivity index (χ2v) is 5.73. The highest BCUT2D eigenvalue weighted by molar-refractivity contribution is 9.10. The zero-order chi connectivity index (χ0) is 16.1.